The van der Waals surface area contributed by atoms with E-state index in [9.17, 15) is 0 Å². The molecule has 0 fully saturated rings. The predicted molar refractivity (Wildman–Crippen MR) is 201 cm³/mol. The van der Waals surface area contributed by atoms with Crippen molar-refractivity contribution >= 4 is 3.21 Å². The van der Waals surface area contributed by atoms with Crippen LogP contribution in [0.4, 0.5) is 0 Å². The summed E-state index contributed by atoms with van der Waals surface area (Å²) in [6.07, 6.45) is 8.68. The molecule has 1 unspecified atom stereocenters. The van der Waals surface area contributed by atoms with Gasteiger partial charge in [-0.2, -0.15) is 35.4 Å². The summed E-state index contributed by atoms with van der Waals surface area (Å²) in [4.78, 5) is 0. The van der Waals surface area contributed by atoms with Gasteiger partial charge in [0.05, 0.1) is 0 Å². The third kappa shape index (κ3) is 11.6. The van der Waals surface area contributed by atoms with Crippen molar-refractivity contribution in [1.29, 1.82) is 0 Å². The van der Waals surface area contributed by atoms with Crippen LogP contribution in [0.3, 0.4) is 0 Å². The van der Waals surface area contributed by atoms with Crippen LogP contribution < -0.4 is 24.8 Å². The van der Waals surface area contributed by atoms with Gasteiger partial charge in [-0.05, 0) is 28.4 Å². The Morgan fingerprint density at radius 2 is 1.16 bits per heavy atom. The quantitative estimate of drug-likeness (QED) is 0.192. The van der Waals surface area contributed by atoms with Crippen molar-refractivity contribution in [2.24, 2.45) is 11.3 Å². The van der Waals surface area contributed by atoms with Gasteiger partial charge in [0.25, 0.3) is 0 Å². The summed E-state index contributed by atoms with van der Waals surface area (Å²) in [7, 11) is 0. The van der Waals surface area contributed by atoms with Crippen LogP contribution in [0, 0.1) is 37.3 Å². The standard InChI is InChI=1S/C21H25.C15H14.C10H15.2ClH.Zr/c1-20(2,3)16-7-9-18-14(12-16)11-15-13-17(21(4,5)6)8-10-19(15)18;1-12-3-7-14(8-4-12)11-15-9-5-13(2)6-10-15;1-8-5-6-9(7-8)10(2,3)4;;;/h7-10,12H,11H2,1-6H3;3-10H,1-2H3;6-8H,1-4H3;2*1H;/q-1;;-1;;;+2/p-2. The normalized spacial score (nSPS) is 14.5. The molecule has 0 nitrogen and oxygen atoms in total. The molecule has 3 heteroatoms. The van der Waals surface area contributed by atoms with Crippen LogP contribution in [-0.2, 0) is 41.5 Å². The van der Waals surface area contributed by atoms with E-state index in [0.29, 0.717) is 11.3 Å². The van der Waals surface area contributed by atoms with Crippen LogP contribution in [0.25, 0.3) is 11.1 Å². The second-order valence-electron chi connectivity index (χ2n) is 16.4. The fourth-order valence-corrected chi connectivity index (χ4v) is 6.51. The van der Waals surface area contributed by atoms with Crippen LogP contribution >= 0.6 is 0 Å². The van der Waals surface area contributed by atoms with E-state index in [1.165, 1.54) is 88.6 Å². The first-order valence-corrected chi connectivity index (χ1v) is 18.3. The summed E-state index contributed by atoms with van der Waals surface area (Å²) in [6, 6.07) is 32.7. The molecule has 6 rings (SSSR count). The number of hydrogen-bond acceptors (Lipinski definition) is 0. The number of aryl methyl sites for hydroxylation is 2. The van der Waals surface area contributed by atoms with Gasteiger partial charge in [-0.15, -0.1) is 11.1 Å². The first kappa shape index (κ1) is 42.9. The zero-order chi connectivity index (χ0) is 34.7. The van der Waals surface area contributed by atoms with Crippen LogP contribution in [0.2, 0.25) is 0 Å². The predicted octanol–water partition coefficient (Wildman–Crippen LogP) is 6.05. The molecule has 258 valence electrons. The van der Waals surface area contributed by atoms with E-state index < -0.39 is 0 Å². The van der Waals surface area contributed by atoms with E-state index in [2.05, 4.69) is 186 Å². The molecule has 2 aliphatic rings. The fraction of sp³-hybridized carbons (Fsp3) is 0.370. The molecule has 0 aromatic heterocycles. The maximum Gasteiger partial charge on any atom is -1.00 e. The number of hydrogen-bond donors (Lipinski definition) is 0. The summed E-state index contributed by atoms with van der Waals surface area (Å²) in [5.41, 5.74) is 15.7. The minimum Gasteiger partial charge on any atom is -1.00 e. The van der Waals surface area contributed by atoms with Crippen molar-refractivity contribution in [2.75, 3.05) is 0 Å². The van der Waals surface area contributed by atoms with E-state index in [1.54, 1.807) is 0 Å². The van der Waals surface area contributed by atoms with Crippen LogP contribution in [0.1, 0.15) is 114 Å². The first-order valence-electron chi connectivity index (χ1n) is 17.1. The zero-order valence-corrected chi connectivity index (χ0v) is 35.7. The molecule has 0 aliphatic heterocycles. The number of benzene rings is 4. The van der Waals surface area contributed by atoms with Gasteiger partial charge in [0.15, 0.2) is 0 Å². The summed E-state index contributed by atoms with van der Waals surface area (Å²) < 4.78 is 1.42. The van der Waals surface area contributed by atoms with Crippen LogP contribution in [0.15, 0.2) is 96.6 Å². The molecule has 1 atom stereocenters. The van der Waals surface area contributed by atoms with E-state index in [0.717, 1.165) is 6.42 Å². The molecule has 49 heavy (non-hydrogen) atoms. The summed E-state index contributed by atoms with van der Waals surface area (Å²) >= 11 is 1.46. The average molecular weight is 769 g/mol. The minimum absolute atomic E-state index is 0. The number of allylic oxidation sites excluding steroid dienone is 4. The molecule has 2 aliphatic carbocycles. The molecular weight excluding hydrogens is 715 g/mol. The van der Waals surface area contributed by atoms with Crippen molar-refractivity contribution in [3.63, 3.8) is 0 Å². The van der Waals surface area contributed by atoms with E-state index >= 15 is 0 Å². The number of rotatable bonds is 2. The Morgan fingerprint density at radius 3 is 1.57 bits per heavy atom. The Morgan fingerprint density at radius 1 is 0.653 bits per heavy atom. The maximum absolute atomic E-state index is 3.67. The Balaban J connectivity index is 0.000000265. The summed E-state index contributed by atoms with van der Waals surface area (Å²) in [5.74, 6) is 0.522. The van der Waals surface area contributed by atoms with Gasteiger partial charge in [0, 0.05) is 0 Å². The Kier molecular flexibility index (Phi) is 15.1. The Hall–Kier alpha value is -2.31. The maximum atomic E-state index is 3.67. The van der Waals surface area contributed by atoms with Crippen molar-refractivity contribution in [1.82, 2.24) is 0 Å². The van der Waals surface area contributed by atoms with Crippen molar-refractivity contribution in [2.45, 2.75) is 100 Å². The third-order valence-corrected chi connectivity index (χ3v) is 10.4. The monoisotopic (exact) mass is 766 g/mol. The largest absolute Gasteiger partial charge is 1.00 e. The van der Waals surface area contributed by atoms with E-state index in [-0.39, 0.29) is 35.6 Å². The Bertz CT molecular complexity index is 1660. The van der Waals surface area contributed by atoms with Gasteiger partial charge in [-0.25, -0.2) is 6.08 Å². The third-order valence-electron chi connectivity index (χ3n) is 8.94. The molecule has 0 saturated carbocycles. The van der Waals surface area contributed by atoms with Crippen molar-refractivity contribution in [3.8, 4) is 11.1 Å². The van der Waals surface area contributed by atoms with Gasteiger partial charge >= 0.3 is 112 Å². The molecule has 0 amide bonds. The van der Waals surface area contributed by atoms with Gasteiger partial charge < -0.3 is 24.8 Å². The van der Waals surface area contributed by atoms with Crippen molar-refractivity contribution in [3.05, 3.63) is 153 Å². The average Bonchev–Trinajstić information content (AvgIpc) is 3.60. The SMILES string of the molecule is CC(C)(C)c1[c-]c2c(cc1)-c1ccc(C(C)(C)C)cc1C2.CC1[C-]=CC(C(C)(C)C)=C1.Cc1ccc([C](=[Zr+2])c2ccc(C)cc2)cc1.[Cl-].[Cl-]. The zero-order valence-electron chi connectivity index (χ0n) is 31.7. The second-order valence-corrected chi connectivity index (χ2v) is 17.6. The van der Waals surface area contributed by atoms with Gasteiger partial charge in [0.2, 0.25) is 0 Å². The molecule has 4 aromatic rings. The molecular formula is C46H54Cl2Zr-2. The fourth-order valence-electron chi connectivity index (χ4n) is 5.69. The second kappa shape index (κ2) is 17.3. The first-order chi connectivity index (χ1) is 21.8. The Labute approximate surface area is 326 Å². The molecule has 4 aromatic carbocycles. The van der Waals surface area contributed by atoms with Gasteiger partial charge in [0.1, 0.15) is 0 Å². The molecule has 0 bridgehead atoms. The van der Waals surface area contributed by atoms with Gasteiger partial charge in [-0.3, -0.25) is 6.08 Å². The van der Waals surface area contributed by atoms with Crippen molar-refractivity contribution < 1.29 is 49.0 Å². The molecule has 0 heterocycles. The minimum atomic E-state index is 0. The van der Waals surface area contributed by atoms with E-state index in [4.69, 9.17) is 0 Å². The van der Waals surface area contributed by atoms with E-state index in [1.807, 2.05) is 0 Å². The summed E-state index contributed by atoms with van der Waals surface area (Å²) in [6.45, 7) is 26.7. The topological polar surface area (TPSA) is 0 Å². The number of halogens is 2. The van der Waals surface area contributed by atoms with Crippen LogP contribution in [0.5, 0.6) is 0 Å². The van der Waals surface area contributed by atoms with Crippen LogP contribution in [-0.4, -0.2) is 3.21 Å². The number of fused-ring (bicyclic) bond motifs is 3. The molecule has 0 saturated heterocycles. The molecule has 0 spiro atoms. The molecule has 0 radical (unpaired) electrons. The summed E-state index contributed by atoms with van der Waals surface area (Å²) in [5, 5.41) is 0. The molecule has 0 N–H and O–H groups in total. The smallest absolute Gasteiger partial charge is 1.00 e. The van der Waals surface area contributed by atoms with Gasteiger partial charge in [-0.1, -0.05) is 104 Å².